The lowest BCUT2D eigenvalue weighted by molar-refractivity contribution is 0.0714. The van der Waals surface area contributed by atoms with E-state index in [1.54, 1.807) is 12.0 Å². The molecule has 1 amide bonds. The number of rotatable bonds is 4. The summed E-state index contributed by atoms with van der Waals surface area (Å²) in [6.45, 7) is 4.20. The smallest absolute Gasteiger partial charge is 0.291 e. The van der Waals surface area contributed by atoms with Crippen molar-refractivity contribution >= 4 is 16.9 Å². The largest absolute Gasteiger partial charge is 0.497 e. The summed E-state index contributed by atoms with van der Waals surface area (Å²) in [5.41, 5.74) is 4.30. The van der Waals surface area contributed by atoms with Gasteiger partial charge < -0.3 is 14.1 Å². The van der Waals surface area contributed by atoms with Crippen LogP contribution in [0.5, 0.6) is 5.75 Å². The van der Waals surface area contributed by atoms with Crippen LogP contribution in [0.15, 0.2) is 75.9 Å². The van der Waals surface area contributed by atoms with Crippen LogP contribution < -0.4 is 10.2 Å². The molecule has 2 heterocycles. The van der Waals surface area contributed by atoms with E-state index in [4.69, 9.17) is 9.15 Å². The first-order valence-corrected chi connectivity index (χ1v) is 10.5. The second kappa shape index (κ2) is 7.68. The van der Waals surface area contributed by atoms with Gasteiger partial charge in [-0.05, 0) is 54.3 Å². The van der Waals surface area contributed by atoms with Gasteiger partial charge in [0.2, 0.25) is 5.76 Å². The molecule has 3 aromatic carbocycles. The molecule has 32 heavy (non-hydrogen) atoms. The van der Waals surface area contributed by atoms with E-state index in [2.05, 4.69) is 0 Å². The van der Waals surface area contributed by atoms with Gasteiger partial charge in [-0.1, -0.05) is 48.5 Å². The van der Waals surface area contributed by atoms with Crippen molar-refractivity contribution in [1.29, 1.82) is 0 Å². The molecule has 1 aliphatic rings. The van der Waals surface area contributed by atoms with Crippen LogP contribution in [0.4, 0.5) is 0 Å². The summed E-state index contributed by atoms with van der Waals surface area (Å²) < 4.78 is 11.5. The van der Waals surface area contributed by atoms with Crippen molar-refractivity contribution in [3.8, 4) is 5.75 Å². The molecule has 160 valence electrons. The van der Waals surface area contributed by atoms with E-state index in [1.807, 2.05) is 80.6 Å². The molecule has 1 unspecified atom stereocenters. The number of benzene rings is 3. The first kappa shape index (κ1) is 20.1. The van der Waals surface area contributed by atoms with E-state index in [1.165, 1.54) is 0 Å². The minimum Gasteiger partial charge on any atom is -0.497 e. The van der Waals surface area contributed by atoms with Crippen molar-refractivity contribution < 1.29 is 13.9 Å². The molecule has 5 nitrogen and oxygen atoms in total. The Bertz CT molecular complexity index is 1400. The van der Waals surface area contributed by atoms with E-state index in [-0.39, 0.29) is 17.1 Å². The first-order valence-electron chi connectivity index (χ1n) is 10.5. The van der Waals surface area contributed by atoms with Crippen LogP contribution in [0.25, 0.3) is 11.0 Å². The fraction of sp³-hybridized carbons (Fsp3) is 0.185. The lowest BCUT2D eigenvalue weighted by Crippen LogP contribution is -2.29. The number of hydrogen-bond acceptors (Lipinski definition) is 4. The van der Waals surface area contributed by atoms with Gasteiger partial charge in [0.05, 0.1) is 24.1 Å². The summed E-state index contributed by atoms with van der Waals surface area (Å²) in [6.07, 6.45) is 0. The minimum atomic E-state index is -0.561. The van der Waals surface area contributed by atoms with Gasteiger partial charge in [-0.25, -0.2) is 0 Å². The molecule has 5 heteroatoms. The summed E-state index contributed by atoms with van der Waals surface area (Å²) in [4.78, 5) is 29.0. The summed E-state index contributed by atoms with van der Waals surface area (Å²) in [5, 5.41) is 0.503. The molecule has 0 aliphatic carbocycles. The molecule has 0 N–H and O–H groups in total. The highest BCUT2D eigenvalue weighted by Crippen LogP contribution is 2.40. The second-order valence-corrected chi connectivity index (χ2v) is 8.23. The fourth-order valence-corrected chi connectivity index (χ4v) is 4.58. The molecule has 0 saturated heterocycles. The highest BCUT2D eigenvalue weighted by atomic mass is 16.5. The topological polar surface area (TPSA) is 59.8 Å². The highest BCUT2D eigenvalue weighted by molar-refractivity contribution is 5.99. The highest BCUT2D eigenvalue weighted by Gasteiger charge is 2.43. The SMILES string of the molecule is COc1cccc(C2c3c(oc4c(C)cc(C)cc4c3=O)C(=O)N2Cc2ccccc2)c1. The lowest BCUT2D eigenvalue weighted by atomic mass is 9.97. The van der Waals surface area contributed by atoms with Gasteiger partial charge >= 0.3 is 0 Å². The van der Waals surface area contributed by atoms with Crippen molar-refractivity contribution in [3.05, 3.63) is 111 Å². The summed E-state index contributed by atoms with van der Waals surface area (Å²) in [5.74, 6) is 0.508. The summed E-state index contributed by atoms with van der Waals surface area (Å²) in [7, 11) is 1.60. The van der Waals surface area contributed by atoms with Gasteiger partial charge in [0, 0.05) is 6.54 Å². The Labute approximate surface area is 185 Å². The fourth-order valence-electron chi connectivity index (χ4n) is 4.58. The molecule has 5 rings (SSSR count). The van der Waals surface area contributed by atoms with Gasteiger partial charge in [0.1, 0.15) is 11.3 Å². The molecule has 0 spiro atoms. The Hall–Kier alpha value is -3.86. The maximum Gasteiger partial charge on any atom is 0.291 e. The predicted molar refractivity (Wildman–Crippen MR) is 123 cm³/mol. The van der Waals surface area contributed by atoms with Crippen molar-refractivity contribution in [2.24, 2.45) is 0 Å². The second-order valence-electron chi connectivity index (χ2n) is 8.23. The Morgan fingerprint density at radius 3 is 2.50 bits per heavy atom. The van der Waals surface area contributed by atoms with Gasteiger partial charge in [-0.15, -0.1) is 0 Å². The van der Waals surface area contributed by atoms with E-state index >= 15 is 0 Å². The van der Waals surface area contributed by atoms with Crippen molar-refractivity contribution in [1.82, 2.24) is 4.90 Å². The van der Waals surface area contributed by atoms with Crippen LogP contribution >= 0.6 is 0 Å². The standard InChI is InChI=1S/C27H23NO4/c1-16-12-17(2)25-21(13-16)24(29)22-23(19-10-7-11-20(14-19)31-3)28(27(30)26(22)32-25)15-18-8-5-4-6-9-18/h4-14,23H,15H2,1-3H3. The predicted octanol–water partition coefficient (Wildman–Crippen LogP) is 5.16. The zero-order valence-corrected chi connectivity index (χ0v) is 18.2. The van der Waals surface area contributed by atoms with Crippen LogP contribution in [0, 0.1) is 13.8 Å². The number of methoxy groups -OCH3 is 1. The van der Waals surface area contributed by atoms with Crippen LogP contribution in [0.2, 0.25) is 0 Å². The number of amides is 1. The molecule has 1 aliphatic heterocycles. The van der Waals surface area contributed by atoms with Crippen LogP contribution in [0.1, 0.15) is 44.4 Å². The number of carbonyl (C=O) groups excluding carboxylic acids is 1. The van der Waals surface area contributed by atoms with Crippen LogP contribution in [-0.4, -0.2) is 17.9 Å². The first-order chi connectivity index (χ1) is 15.5. The maximum absolute atomic E-state index is 13.7. The van der Waals surface area contributed by atoms with Crippen molar-refractivity contribution in [2.45, 2.75) is 26.4 Å². The molecule has 1 aromatic heterocycles. The maximum atomic E-state index is 13.7. The molecule has 0 bridgehead atoms. The number of aryl methyl sites for hydroxylation is 2. The number of ether oxygens (including phenoxy) is 1. The molecule has 0 fully saturated rings. The van der Waals surface area contributed by atoms with Gasteiger partial charge in [0.15, 0.2) is 5.43 Å². The third kappa shape index (κ3) is 3.17. The summed E-state index contributed by atoms with van der Waals surface area (Å²) in [6, 6.07) is 20.5. The number of fused-ring (bicyclic) bond motifs is 2. The van der Waals surface area contributed by atoms with E-state index in [9.17, 15) is 9.59 Å². The number of carbonyl (C=O) groups is 1. The monoisotopic (exact) mass is 425 g/mol. The van der Waals surface area contributed by atoms with Gasteiger partial charge in [0.25, 0.3) is 5.91 Å². The quantitative estimate of drug-likeness (QED) is 0.453. The van der Waals surface area contributed by atoms with Crippen LogP contribution in [0.3, 0.4) is 0 Å². The normalized spacial score (nSPS) is 15.3. The number of nitrogens with zero attached hydrogens (tertiary/aromatic N) is 1. The van der Waals surface area contributed by atoms with Crippen molar-refractivity contribution in [3.63, 3.8) is 0 Å². The zero-order valence-electron chi connectivity index (χ0n) is 18.2. The minimum absolute atomic E-state index is 0.123. The zero-order chi connectivity index (χ0) is 22.4. The molecule has 0 saturated carbocycles. The van der Waals surface area contributed by atoms with Gasteiger partial charge in [-0.3, -0.25) is 9.59 Å². The van der Waals surface area contributed by atoms with E-state index < -0.39 is 6.04 Å². The lowest BCUT2D eigenvalue weighted by Gasteiger charge is -2.25. The van der Waals surface area contributed by atoms with E-state index in [0.717, 1.165) is 22.3 Å². The third-order valence-corrected chi connectivity index (χ3v) is 6.00. The molecular formula is C27H23NO4. The Morgan fingerprint density at radius 1 is 0.969 bits per heavy atom. The van der Waals surface area contributed by atoms with Gasteiger partial charge in [-0.2, -0.15) is 0 Å². The average molecular weight is 425 g/mol. The molecular weight excluding hydrogens is 402 g/mol. The molecule has 1 atom stereocenters. The van der Waals surface area contributed by atoms with Crippen LogP contribution in [-0.2, 0) is 6.54 Å². The Morgan fingerprint density at radius 2 is 1.75 bits per heavy atom. The van der Waals surface area contributed by atoms with Crippen molar-refractivity contribution in [2.75, 3.05) is 7.11 Å². The molecule has 4 aromatic rings. The third-order valence-electron chi connectivity index (χ3n) is 6.00. The summed E-state index contributed by atoms with van der Waals surface area (Å²) >= 11 is 0. The number of hydrogen-bond donors (Lipinski definition) is 0. The molecule has 0 radical (unpaired) electrons. The Kier molecular flexibility index (Phi) is 4.82. The Balaban J connectivity index is 1.77. The average Bonchev–Trinajstić information content (AvgIpc) is 3.07. The van der Waals surface area contributed by atoms with E-state index in [0.29, 0.717) is 28.8 Å².